The molecule has 1 atom stereocenters. The van der Waals surface area contributed by atoms with E-state index in [9.17, 15) is 23.2 Å². The van der Waals surface area contributed by atoms with E-state index < -0.39 is 35.4 Å². The van der Waals surface area contributed by atoms with E-state index in [2.05, 4.69) is 10.6 Å². The van der Waals surface area contributed by atoms with Crippen molar-refractivity contribution in [3.8, 4) is 0 Å². The summed E-state index contributed by atoms with van der Waals surface area (Å²) < 4.78 is 31.9. The number of rotatable bonds is 9. The van der Waals surface area contributed by atoms with E-state index >= 15 is 0 Å². The zero-order valence-corrected chi connectivity index (χ0v) is 17.9. The summed E-state index contributed by atoms with van der Waals surface area (Å²) in [5, 5.41) is 5.41. The van der Waals surface area contributed by atoms with Crippen LogP contribution in [0.1, 0.15) is 18.2 Å². The van der Waals surface area contributed by atoms with Crippen LogP contribution in [-0.2, 0) is 27.3 Å². The molecule has 0 aliphatic carbocycles. The Balaban J connectivity index is 1.66. The van der Waals surface area contributed by atoms with Crippen LogP contribution in [-0.4, -0.2) is 30.3 Å². The maximum Gasteiger partial charge on any atom is 0.256 e. The number of para-hydroxylation sites is 1. The number of furan rings is 1. The van der Waals surface area contributed by atoms with Gasteiger partial charge >= 0.3 is 0 Å². The first-order chi connectivity index (χ1) is 15.8. The predicted molar refractivity (Wildman–Crippen MR) is 117 cm³/mol. The largest absolute Gasteiger partial charge is 0.468 e. The molecule has 172 valence electrons. The van der Waals surface area contributed by atoms with E-state index in [0.717, 1.165) is 17.0 Å². The molecule has 0 fully saturated rings. The molecule has 3 amide bonds. The highest BCUT2D eigenvalue weighted by Gasteiger charge is 2.28. The summed E-state index contributed by atoms with van der Waals surface area (Å²) in [5.74, 6) is -2.75. The van der Waals surface area contributed by atoms with Gasteiger partial charge in [-0.25, -0.2) is 13.7 Å². The molecule has 3 rings (SSSR count). The highest BCUT2D eigenvalue weighted by Crippen LogP contribution is 2.15. The van der Waals surface area contributed by atoms with E-state index in [1.54, 1.807) is 42.5 Å². The smallest absolute Gasteiger partial charge is 0.256 e. The van der Waals surface area contributed by atoms with Crippen LogP contribution in [0.5, 0.6) is 0 Å². The summed E-state index contributed by atoms with van der Waals surface area (Å²) in [5.41, 5.74) is 0.475. The zero-order chi connectivity index (χ0) is 23.8. The van der Waals surface area contributed by atoms with Crippen LogP contribution >= 0.6 is 0 Å². The average molecular weight is 455 g/mol. The van der Waals surface area contributed by atoms with Crippen LogP contribution in [0.3, 0.4) is 0 Å². The van der Waals surface area contributed by atoms with Crippen LogP contribution < -0.4 is 15.5 Å². The predicted octanol–water partition coefficient (Wildman–Crippen LogP) is 2.95. The van der Waals surface area contributed by atoms with Crippen molar-refractivity contribution in [3.63, 3.8) is 0 Å². The summed E-state index contributed by atoms with van der Waals surface area (Å²) >= 11 is 0. The van der Waals surface area contributed by atoms with Crippen LogP contribution in [0.4, 0.5) is 14.5 Å². The molecule has 1 heterocycles. The van der Waals surface area contributed by atoms with Crippen molar-refractivity contribution >= 4 is 23.4 Å². The van der Waals surface area contributed by atoms with E-state index in [0.29, 0.717) is 24.1 Å². The monoisotopic (exact) mass is 455 g/mol. The number of carbonyl (C=O) groups excluding carboxylic acids is 3. The zero-order valence-electron chi connectivity index (χ0n) is 17.9. The second-order valence-corrected chi connectivity index (χ2v) is 7.33. The number of benzene rings is 2. The average Bonchev–Trinajstić information content (AvgIpc) is 3.27. The number of hydrogen-bond donors (Lipinski definition) is 2. The van der Waals surface area contributed by atoms with Crippen LogP contribution in [0, 0.1) is 11.6 Å². The second kappa shape index (κ2) is 11.1. The maximum absolute atomic E-state index is 13.4. The number of halogens is 2. The van der Waals surface area contributed by atoms with E-state index in [1.165, 1.54) is 13.2 Å². The maximum atomic E-state index is 13.4. The first-order valence-electron chi connectivity index (χ1n) is 10.2. The third-order valence-corrected chi connectivity index (χ3v) is 4.67. The first kappa shape index (κ1) is 23.8. The second-order valence-electron chi connectivity index (χ2n) is 7.33. The van der Waals surface area contributed by atoms with E-state index in [-0.39, 0.29) is 18.5 Å². The number of nitrogens with one attached hydrogen (secondary N) is 2. The standard InChI is InChI=1S/C24H23F2N3O4/c1-16(28-22(30)12-17-10-18(25)13-19(26)11-17)24(32)29(20-6-3-2-4-7-20)23(31)15-27-14-21-8-5-9-33-21/h2-11,13,16,27H,12,14-15H2,1H3,(H,28,30)/t16-/m0/s1. The van der Waals surface area contributed by atoms with Gasteiger partial charge in [-0.15, -0.1) is 0 Å². The van der Waals surface area contributed by atoms with Crippen molar-refractivity contribution < 1.29 is 27.6 Å². The number of imide groups is 1. The van der Waals surface area contributed by atoms with Gasteiger partial charge in [0.05, 0.1) is 31.5 Å². The fraction of sp³-hybridized carbons (Fsp3) is 0.208. The molecule has 2 aromatic carbocycles. The van der Waals surface area contributed by atoms with Crippen molar-refractivity contribution in [1.82, 2.24) is 10.6 Å². The highest BCUT2D eigenvalue weighted by atomic mass is 19.1. The van der Waals surface area contributed by atoms with Gasteiger partial charge in [-0.1, -0.05) is 18.2 Å². The number of hydrogen-bond acceptors (Lipinski definition) is 5. The van der Waals surface area contributed by atoms with E-state index in [1.807, 2.05) is 0 Å². The van der Waals surface area contributed by atoms with Gasteiger partial charge in [-0.05, 0) is 48.9 Å². The Bertz CT molecular complexity index is 1080. The lowest BCUT2D eigenvalue weighted by Gasteiger charge is -2.25. The minimum Gasteiger partial charge on any atom is -0.468 e. The Labute approximate surface area is 189 Å². The Morgan fingerprint density at radius 2 is 1.70 bits per heavy atom. The van der Waals surface area contributed by atoms with Gasteiger partial charge in [0.1, 0.15) is 23.4 Å². The Hall–Kier alpha value is -3.85. The summed E-state index contributed by atoms with van der Waals surface area (Å²) in [6, 6.07) is 13.5. The van der Waals surface area contributed by atoms with Gasteiger partial charge in [0.15, 0.2) is 0 Å². The quantitative estimate of drug-likeness (QED) is 0.518. The normalized spacial score (nSPS) is 11.6. The van der Waals surface area contributed by atoms with Gasteiger partial charge in [0.25, 0.3) is 5.91 Å². The third kappa shape index (κ3) is 6.81. The molecule has 0 saturated carbocycles. The highest BCUT2D eigenvalue weighted by molar-refractivity contribution is 6.17. The molecule has 0 saturated heterocycles. The molecule has 2 N–H and O–H groups in total. The number of amides is 3. The lowest BCUT2D eigenvalue weighted by Crippen LogP contribution is -2.51. The first-order valence-corrected chi connectivity index (χ1v) is 10.2. The Kier molecular flexibility index (Phi) is 8.04. The molecule has 3 aromatic rings. The fourth-order valence-corrected chi connectivity index (χ4v) is 3.20. The lowest BCUT2D eigenvalue weighted by atomic mass is 10.1. The number of anilines is 1. The van der Waals surface area contributed by atoms with Gasteiger partial charge in [-0.3, -0.25) is 14.4 Å². The number of carbonyl (C=O) groups is 3. The molecular formula is C24H23F2N3O4. The summed E-state index contributed by atoms with van der Waals surface area (Å²) in [6.45, 7) is 1.59. The minimum atomic E-state index is -1.06. The molecule has 33 heavy (non-hydrogen) atoms. The van der Waals surface area contributed by atoms with Crippen LogP contribution in [0.2, 0.25) is 0 Å². The van der Waals surface area contributed by atoms with Crippen molar-refractivity contribution in [3.05, 3.63) is 89.9 Å². The topological polar surface area (TPSA) is 91.7 Å². The molecule has 0 aliphatic heterocycles. The Morgan fingerprint density at radius 3 is 2.33 bits per heavy atom. The van der Waals surface area contributed by atoms with Crippen molar-refractivity contribution in [2.24, 2.45) is 0 Å². The summed E-state index contributed by atoms with van der Waals surface area (Å²) in [4.78, 5) is 39.3. The Morgan fingerprint density at radius 1 is 1.00 bits per heavy atom. The molecule has 0 spiro atoms. The fourth-order valence-electron chi connectivity index (χ4n) is 3.20. The van der Waals surface area contributed by atoms with E-state index in [4.69, 9.17) is 4.42 Å². The van der Waals surface area contributed by atoms with Gasteiger partial charge < -0.3 is 15.1 Å². The van der Waals surface area contributed by atoms with Gasteiger partial charge in [0.2, 0.25) is 11.8 Å². The van der Waals surface area contributed by atoms with Gasteiger partial charge in [-0.2, -0.15) is 0 Å². The third-order valence-electron chi connectivity index (χ3n) is 4.67. The molecule has 1 aromatic heterocycles. The molecule has 0 unspecified atom stereocenters. The lowest BCUT2D eigenvalue weighted by molar-refractivity contribution is -0.130. The molecule has 7 nitrogen and oxygen atoms in total. The SMILES string of the molecule is C[C@H](NC(=O)Cc1cc(F)cc(F)c1)C(=O)N(C(=O)CNCc1ccco1)c1ccccc1. The van der Waals surface area contributed by atoms with Gasteiger partial charge in [0, 0.05) is 6.07 Å². The van der Waals surface area contributed by atoms with Crippen LogP contribution in [0.15, 0.2) is 71.3 Å². The van der Waals surface area contributed by atoms with Crippen molar-refractivity contribution in [1.29, 1.82) is 0 Å². The molecule has 9 heteroatoms. The molecule has 0 bridgehead atoms. The van der Waals surface area contributed by atoms with Crippen LogP contribution in [0.25, 0.3) is 0 Å². The van der Waals surface area contributed by atoms with Crippen molar-refractivity contribution in [2.45, 2.75) is 25.9 Å². The molecule has 0 radical (unpaired) electrons. The molecule has 0 aliphatic rings. The minimum absolute atomic E-state index is 0.128. The molecular weight excluding hydrogens is 432 g/mol. The summed E-state index contributed by atoms with van der Waals surface area (Å²) in [6.07, 6.45) is 1.19. The summed E-state index contributed by atoms with van der Waals surface area (Å²) in [7, 11) is 0. The van der Waals surface area contributed by atoms with Crippen molar-refractivity contribution in [2.75, 3.05) is 11.4 Å². The number of nitrogens with zero attached hydrogens (tertiary/aromatic N) is 1.